The van der Waals surface area contributed by atoms with Crippen molar-refractivity contribution in [2.45, 2.75) is 12.5 Å². The third-order valence-corrected chi connectivity index (χ3v) is 4.40. The Morgan fingerprint density at radius 1 is 0.964 bits per heavy atom. The van der Waals surface area contributed by atoms with Crippen molar-refractivity contribution in [1.29, 1.82) is 0 Å². The largest absolute Gasteiger partial charge is 0.354 e. The molecule has 0 radical (unpaired) electrons. The number of nitro groups is 1. The van der Waals surface area contributed by atoms with Gasteiger partial charge in [0.15, 0.2) is 0 Å². The first-order valence-electron chi connectivity index (χ1n) is 8.76. The van der Waals surface area contributed by atoms with Crippen LogP contribution in [-0.2, 0) is 11.3 Å². The standard InChI is InChI=1S/C21H19N3O4/c25-20(15-23-14-18(24(27)28)11-12-21(23)26)22-13-19(16-7-3-1-4-8-16)17-9-5-2-6-10-17/h1-12,14,19H,13,15H2,(H,22,25). The van der Waals surface area contributed by atoms with Crippen LogP contribution >= 0.6 is 0 Å². The smallest absolute Gasteiger partial charge is 0.285 e. The Kier molecular flexibility index (Phi) is 5.96. The first-order chi connectivity index (χ1) is 13.5. The molecule has 28 heavy (non-hydrogen) atoms. The summed E-state index contributed by atoms with van der Waals surface area (Å²) in [7, 11) is 0. The summed E-state index contributed by atoms with van der Waals surface area (Å²) < 4.78 is 1.04. The van der Waals surface area contributed by atoms with Crippen molar-refractivity contribution in [2.24, 2.45) is 0 Å². The molecule has 0 saturated carbocycles. The predicted molar refractivity (Wildman–Crippen MR) is 105 cm³/mol. The molecule has 0 spiro atoms. The van der Waals surface area contributed by atoms with Crippen LogP contribution in [0.3, 0.4) is 0 Å². The number of aromatic nitrogens is 1. The highest BCUT2D eigenvalue weighted by Crippen LogP contribution is 2.23. The van der Waals surface area contributed by atoms with Crippen LogP contribution in [0.5, 0.6) is 0 Å². The monoisotopic (exact) mass is 377 g/mol. The van der Waals surface area contributed by atoms with Crippen LogP contribution in [-0.4, -0.2) is 21.9 Å². The first-order valence-corrected chi connectivity index (χ1v) is 8.76. The molecule has 1 N–H and O–H groups in total. The number of pyridine rings is 1. The molecule has 0 saturated heterocycles. The van der Waals surface area contributed by atoms with Crippen molar-refractivity contribution in [3.8, 4) is 0 Å². The van der Waals surface area contributed by atoms with Gasteiger partial charge in [-0.2, -0.15) is 0 Å². The van der Waals surface area contributed by atoms with E-state index in [9.17, 15) is 19.7 Å². The number of benzene rings is 2. The molecule has 3 aromatic rings. The third kappa shape index (κ3) is 4.70. The Morgan fingerprint density at radius 3 is 2.07 bits per heavy atom. The maximum atomic E-state index is 12.4. The topological polar surface area (TPSA) is 94.2 Å². The molecular weight excluding hydrogens is 358 g/mol. The van der Waals surface area contributed by atoms with E-state index in [1.54, 1.807) is 0 Å². The number of carbonyl (C=O) groups excluding carboxylic acids is 1. The van der Waals surface area contributed by atoms with Crippen molar-refractivity contribution < 1.29 is 9.72 Å². The minimum absolute atomic E-state index is 0.0480. The zero-order chi connectivity index (χ0) is 19.9. The molecule has 0 atom stereocenters. The van der Waals surface area contributed by atoms with Crippen LogP contribution in [0.25, 0.3) is 0 Å². The van der Waals surface area contributed by atoms with Gasteiger partial charge in [-0.1, -0.05) is 60.7 Å². The summed E-state index contributed by atoms with van der Waals surface area (Å²) in [6, 6.07) is 21.8. The van der Waals surface area contributed by atoms with Crippen LogP contribution in [0.2, 0.25) is 0 Å². The van der Waals surface area contributed by atoms with Gasteiger partial charge >= 0.3 is 0 Å². The molecule has 0 fully saturated rings. The van der Waals surface area contributed by atoms with Gasteiger partial charge in [-0.05, 0) is 11.1 Å². The number of amides is 1. The van der Waals surface area contributed by atoms with Gasteiger partial charge in [0.25, 0.3) is 11.2 Å². The fraction of sp³-hybridized carbons (Fsp3) is 0.143. The Balaban J connectivity index is 1.73. The van der Waals surface area contributed by atoms with E-state index in [2.05, 4.69) is 5.32 Å². The highest BCUT2D eigenvalue weighted by molar-refractivity contribution is 5.75. The van der Waals surface area contributed by atoms with Crippen LogP contribution < -0.4 is 10.9 Å². The van der Waals surface area contributed by atoms with Gasteiger partial charge in [-0.15, -0.1) is 0 Å². The Labute approximate surface area is 161 Å². The summed E-state index contributed by atoms with van der Waals surface area (Å²) in [6.07, 6.45) is 1.08. The molecule has 142 valence electrons. The molecular formula is C21H19N3O4. The Morgan fingerprint density at radius 2 is 1.54 bits per heavy atom. The first kappa shape index (κ1) is 19.0. The maximum Gasteiger partial charge on any atom is 0.285 e. The van der Waals surface area contributed by atoms with E-state index in [1.807, 2.05) is 60.7 Å². The number of nitrogens with one attached hydrogen (secondary N) is 1. The molecule has 0 aliphatic rings. The number of rotatable bonds is 7. The maximum absolute atomic E-state index is 12.4. The lowest BCUT2D eigenvalue weighted by Gasteiger charge is -2.19. The van der Waals surface area contributed by atoms with Gasteiger partial charge in [0.05, 0.1) is 11.1 Å². The normalized spacial score (nSPS) is 10.6. The molecule has 1 heterocycles. The number of nitrogens with zero attached hydrogens (tertiary/aromatic N) is 2. The summed E-state index contributed by atoms with van der Waals surface area (Å²) in [5.41, 5.74) is 1.41. The molecule has 2 aromatic carbocycles. The molecule has 0 aliphatic heterocycles. The molecule has 0 unspecified atom stereocenters. The summed E-state index contributed by atoms with van der Waals surface area (Å²) in [4.78, 5) is 34.5. The van der Waals surface area contributed by atoms with Gasteiger partial charge in [0.1, 0.15) is 6.54 Å². The summed E-state index contributed by atoms with van der Waals surface area (Å²) in [5.74, 6) is -0.437. The molecule has 3 rings (SSSR count). The lowest BCUT2D eigenvalue weighted by molar-refractivity contribution is -0.385. The fourth-order valence-electron chi connectivity index (χ4n) is 2.98. The molecule has 1 aromatic heterocycles. The average molecular weight is 377 g/mol. The van der Waals surface area contributed by atoms with E-state index in [0.29, 0.717) is 6.54 Å². The Hall–Kier alpha value is -3.74. The van der Waals surface area contributed by atoms with Crippen molar-refractivity contribution in [2.75, 3.05) is 6.54 Å². The molecule has 7 nitrogen and oxygen atoms in total. The Bertz CT molecular complexity index is 977. The van der Waals surface area contributed by atoms with Gasteiger partial charge in [0, 0.05) is 24.6 Å². The molecule has 0 aliphatic carbocycles. The predicted octanol–water partition coefficient (Wildman–Crippen LogP) is 2.70. The van der Waals surface area contributed by atoms with Crippen LogP contribution in [0.4, 0.5) is 5.69 Å². The summed E-state index contributed by atoms with van der Waals surface area (Å²) in [5, 5.41) is 13.7. The SMILES string of the molecule is O=C(Cn1cc([N+](=O)[O-])ccc1=O)NCC(c1ccccc1)c1ccccc1. The van der Waals surface area contributed by atoms with Crippen molar-refractivity contribution in [1.82, 2.24) is 9.88 Å². The third-order valence-electron chi connectivity index (χ3n) is 4.40. The number of carbonyl (C=O) groups is 1. The van der Waals surface area contributed by atoms with Crippen molar-refractivity contribution in [3.63, 3.8) is 0 Å². The lowest BCUT2D eigenvalue weighted by Crippen LogP contribution is -2.34. The second-order valence-electron chi connectivity index (χ2n) is 6.29. The summed E-state index contributed by atoms with van der Waals surface area (Å²) >= 11 is 0. The van der Waals surface area contributed by atoms with Gasteiger partial charge in [0.2, 0.25) is 5.91 Å². The second-order valence-corrected chi connectivity index (χ2v) is 6.29. The number of hydrogen-bond acceptors (Lipinski definition) is 4. The second kappa shape index (κ2) is 8.77. The van der Waals surface area contributed by atoms with Crippen LogP contribution in [0, 0.1) is 10.1 Å². The summed E-state index contributed by atoms with van der Waals surface area (Å²) in [6.45, 7) is 0.0628. The van der Waals surface area contributed by atoms with Gasteiger partial charge in [-0.3, -0.25) is 24.3 Å². The molecule has 7 heteroatoms. The van der Waals surface area contributed by atoms with E-state index in [-0.39, 0.29) is 24.1 Å². The van der Waals surface area contributed by atoms with E-state index in [0.717, 1.165) is 34.0 Å². The molecule has 1 amide bonds. The highest BCUT2D eigenvalue weighted by atomic mass is 16.6. The molecule has 0 bridgehead atoms. The number of hydrogen-bond donors (Lipinski definition) is 1. The van der Waals surface area contributed by atoms with E-state index >= 15 is 0 Å². The van der Waals surface area contributed by atoms with E-state index in [4.69, 9.17) is 0 Å². The van der Waals surface area contributed by atoms with Crippen molar-refractivity contribution in [3.05, 3.63) is 111 Å². The van der Waals surface area contributed by atoms with E-state index in [1.165, 1.54) is 0 Å². The van der Waals surface area contributed by atoms with Crippen LogP contribution in [0.1, 0.15) is 17.0 Å². The quantitative estimate of drug-likeness (QED) is 0.506. The highest BCUT2D eigenvalue weighted by Gasteiger charge is 2.16. The fourth-order valence-corrected chi connectivity index (χ4v) is 2.98. The minimum Gasteiger partial charge on any atom is -0.354 e. The zero-order valence-electron chi connectivity index (χ0n) is 15.0. The van der Waals surface area contributed by atoms with Gasteiger partial charge < -0.3 is 5.32 Å². The van der Waals surface area contributed by atoms with Crippen molar-refractivity contribution >= 4 is 11.6 Å². The minimum atomic E-state index is -0.602. The van der Waals surface area contributed by atoms with Crippen LogP contribution in [0.15, 0.2) is 83.8 Å². The zero-order valence-corrected chi connectivity index (χ0v) is 15.0. The van der Waals surface area contributed by atoms with E-state index < -0.39 is 10.5 Å². The van der Waals surface area contributed by atoms with Gasteiger partial charge in [-0.25, -0.2) is 0 Å². The lowest BCUT2D eigenvalue weighted by atomic mass is 9.91. The average Bonchev–Trinajstić information content (AvgIpc) is 2.71.